The molecule has 0 spiro atoms. The van der Waals surface area contributed by atoms with Crippen molar-refractivity contribution >= 4 is 22.4 Å². The van der Waals surface area contributed by atoms with Crippen LogP contribution in [0.25, 0.3) is 0 Å². The predicted octanol–water partition coefficient (Wildman–Crippen LogP) is 4.32. The van der Waals surface area contributed by atoms with Gasteiger partial charge in [-0.25, -0.2) is 0 Å². The van der Waals surface area contributed by atoms with E-state index in [-0.39, 0.29) is 5.91 Å². The number of nitrogens with one attached hydrogen (secondary N) is 1. The zero-order valence-electron chi connectivity index (χ0n) is 16.6. The van der Waals surface area contributed by atoms with Crippen LogP contribution in [0.3, 0.4) is 0 Å². The number of amides is 1. The van der Waals surface area contributed by atoms with E-state index in [4.69, 9.17) is 4.74 Å². The molecule has 0 atom stereocenters. The second kappa shape index (κ2) is 8.84. The van der Waals surface area contributed by atoms with Crippen molar-refractivity contribution in [3.63, 3.8) is 0 Å². The Morgan fingerprint density at radius 2 is 1.86 bits per heavy atom. The molecule has 0 aliphatic carbocycles. The summed E-state index contributed by atoms with van der Waals surface area (Å²) in [4.78, 5) is 13.4. The fraction of sp³-hybridized carbons (Fsp3) is 0.348. The third-order valence-electron chi connectivity index (χ3n) is 5.51. The number of rotatable bonds is 6. The molecule has 150 valence electrons. The van der Waals surface area contributed by atoms with Crippen LogP contribution in [0.15, 0.2) is 54.6 Å². The van der Waals surface area contributed by atoms with E-state index >= 15 is 0 Å². The van der Waals surface area contributed by atoms with Gasteiger partial charge in [0.05, 0.1) is 5.41 Å². The van der Waals surface area contributed by atoms with E-state index < -0.39 is 5.41 Å². The Morgan fingerprint density at radius 1 is 1.07 bits per heavy atom. The quantitative estimate of drug-likeness (QED) is 0.661. The molecule has 1 fully saturated rings. The molecule has 1 aliphatic rings. The second-order valence-electron chi connectivity index (χ2n) is 7.50. The van der Waals surface area contributed by atoms with Crippen molar-refractivity contribution in [3.8, 4) is 0 Å². The van der Waals surface area contributed by atoms with Crippen LogP contribution < -0.4 is 5.32 Å². The molecule has 5 nitrogen and oxygen atoms in total. The Kier molecular flexibility index (Phi) is 6.02. The van der Waals surface area contributed by atoms with E-state index in [9.17, 15) is 4.79 Å². The third-order valence-corrected chi connectivity index (χ3v) is 6.41. The highest BCUT2D eigenvalue weighted by molar-refractivity contribution is 7.15. The molecule has 1 aliphatic heterocycles. The van der Waals surface area contributed by atoms with Crippen molar-refractivity contribution in [2.45, 2.75) is 38.0 Å². The van der Waals surface area contributed by atoms with Crippen molar-refractivity contribution in [2.24, 2.45) is 0 Å². The molecular weight excluding hydrogens is 382 g/mol. The first kappa shape index (κ1) is 19.7. The average molecular weight is 408 g/mol. The highest BCUT2D eigenvalue weighted by Gasteiger charge is 2.42. The number of carbonyl (C=O) groups excluding carboxylic acids is 1. The van der Waals surface area contributed by atoms with Crippen LogP contribution in [0.4, 0.5) is 5.13 Å². The highest BCUT2D eigenvalue weighted by Crippen LogP contribution is 2.37. The molecule has 1 amide bonds. The largest absolute Gasteiger partial charge is 0.381 e. The minimum atomic E-state index is -0.583. The number of aromatic nitrogens is 2. The number of nitrogens with zero attached hydrogens (tertiary/aromatic N) is 2. The normalized spacial score (nSPS) is 15.8. The molecule has 3 aromatic rings. The van der Waals surface area contributed by atoms with Crippen LogP contribution in [0.2, 0.25) is 0 Å². The Bertz CT molecular complexity index is 965. The summed E-state index contributed by atoms with van der Waals surface area (Å²) in [5, 5.41) is 13.0. The number of benzene rings is 2. The number of hydrogen-bond donors (Lipinski definition) is 1. The molecule has 0 bridgehead atoms. The van der Waals surface area contributed by atoms with E-state index in [0.717, 1.165) is 29.0 Å². The Labute approximate surface area is 175 Å². The van der Waals surface area contributed by atoms with Crippen molar-refractivity contribution in [1.29, 1.82) is 0 Å². The Balaban J connectivity index is 1.47. The van der Waals surface area contributed by atoms with Crippen molar-refractivity contribution in [2.75, 3.05) is 18.5 Å². The summed E-state index contributed by atoms with van der Waals surface area (Å²) in [6.45, 7) is 3.22. The molecular formula is C23H25N3O2S. The molecule has 2 aromatic carbocycles. The third kappa shape index (κ3) is 4.54. The first-order chi connectivity index (χ1) is 14.2. The van der Waals surface area contributed by atoms with E-state index in [1.807, 2.05) is 30.3 Å². The van der Waals surface area contributed by atoms with Gasteiger partial charge in [0.25, 0.3) is 0 Å². The molecule has 1 saturated heterocycles. The summed E-state index contributed by atoms with van der Waals surface area (Å²) in [5.74, 6) is -0.0165. The SMILES string of the molecule is Cc1cccc(C2(C(=O)Nc3nnc(CCc4ccccc4)s3)CCOCC2)c1. The number of hydrogen-bond acceptors (Lipinski definition) is 5. The monoisotopic (exact) mass is 407 g/mol. The average Bonchev–Trinajstić information content (AvgIpc) is 3.21. The van der Waals surface area contributed by atoms with Crippen LogP contribution in [-0.2, 0) is 27.8 Å². The molecule has 0 saturated carbocycles. The van der Waals surface area contributed by atoms with Crippen LogP contribution in [0.5, 0.6) is 0 Å². The summed E-state index contributed by atoms with van der Waals surface area (Å²) >= 11 is 1.46. The number of anilines is 1. The van der Waals surface area contributed by atoms with Gasteiger partial charge < -0.3 is 4.74 Å². The van der Waals surface area contributed by atoms with Crippen LogP contribution in [0, 0.1) is 6.92 Å². The van der Waals surface area contributed by atoms with Gasteiger partial charge in [0.2, 0.25) is 11.0 Å². The Morgan fingerprint density at radius 3 is 2.62 bits per heavy atom. The fourth-order valence-electron chi connectivity index (χ4n) is 3.83. The lowest BCUT2D eigenvalue weighted by Gasteiger charge is -2.36. The van der Waals surface area contributed by atoms with Gasteiger partial charge in [-0.3, -0.25) is 10.1 Å². The summed E-state index contributed by atoms with van der Waals surface area (Å²) in [5.41, 5.74) is 2.89. The van der Waals surface area contributed by atoms with E-state index in [2.05, 4.69) is 46.7 Å². The Hall–Kier alpha value is -2.57. The number of ether oxygens (including phenoxy) is 1. The van der Waals surface area contributed by atoms with Gasteiger partial charge in [-0.1, -0.05) is 71.5 Å². The fourth-order valence-corrected chi connectivity index (χ4v) is 4.56. The molecule has 1 aromatic heterocycles. The molecule has 4 rings (SSSR count). The molecule has 0 unspecified atom stereocenters. The molecule has 29 heavy (non-hydrogen) atoms. The van der Waals surface area contributed by atoms with Crippen molar-refractivity contribution < 1.29 is 9.53 Å². The smallest absolute Gasteiger partial charge is 0.237 e. The molecule has 2 heterocycles. The van der Waals surface area contributed by atoms with Crippen molar-refractivity contribution in [3.05, 3.63) is 76.3 Å². The first-order valence-electron chi connectivity index (χ1n) is 9.98. The van der Waals surface area contributed by atoms with Gasteiger partial charge in [-0.05, 0) is 37.3 Å². The van der Waals surface area contributed by atoms with Gasteiger partial charge in [0.1, 0.15) is 5.01 Å². The topological polar surface area (TPSA) is 64.1 Å². The second-order valence-corrected chi connectivity index (χ2v) is 8.57. The zero-order valence-corrected chi connectivity index (χ0v) is 17.4. The molecule has 0 radical (unpaired) electrons. The van der Waals surface area contributed by atoms with Gasteiger partial charge in [0, 0.05) is 19.6 Å². The number of carbonyl (C=O) groups is 1. The van der Waals surface area contributed by atoms with Crippen molar-refractivity contribution in [1.82, 2.24) is 10.2 Å². The summed E-state index contributed by atoms with van der Waals surface area (Å²) in [6.07, 6.45) is 3.06. The molecule has 6 heteroatoms. The number of aryl methyl sites for hydroxylation is 3. The maximum absolute atomic E-state index is 13.4. The lowest BCUT2D eigenvalue weighted by molar-refractivity contribution is -0.125. The lowest BCUT2D eigenvalue weighted by Crippen LogP contribution is -2.44. The zero-order chi connectivity index (χ0) is 20.1. The maximum atomic E-state index is 13.4. The summed E-state index contributed by atoms with van der Waals surface area (Å²) in [7, 11) is 0. The molecule has 1 N–H and O–H groups in total. The van der Waals surface area contributed by atoms with E-state index in [1.165, 1.54) is 16.9 Å². The minimum absolute atomic E-state index is 0.0165. The van der Waals surface area contributed by atoms with Gasteiger partial charge in [-0.2, -0.15) is 0 Å². The summed E-state index contributed by atoms with van der Waals surface area (Å²) < 4.78 is 5.55. The standard InChI is InChI=1S/C23H25N3O2S/c1-17-6-5-9-19(16-17)23(12-14-28-15-13-23)21(27)24-22-26-25-20(29-22)11-10-18-7-3-2-4-8-18/h2-9,16H,10-15H2,1H3,(H,24,26,27). The van der Waals surface area contributed by atoms with Crippen LogP contribution in [-0.4, -0.2) is 29.3 Å². The minimum Gasteiger partial charge on any atom is -0.381 e. The van der Waals surface area contributed by atoms with E-state index in [0.29, 0.717) is 31.2 Å². The highest BCUT2D eigenvalue weighted by atomic mass is 32.1. The maximum Gasteiger partial charge on any atom is 0.237 e. The van der Waals surface area contributed by atoms with E-state index in [1.54, 1.807) is 0 Å². The van der Waals surface area contributed by atoms with Crippen LogP contribution >= 0.6 is 11.3 Å². The van der Waals surface area contributed by atoms with Gasteiger partial charge >= 0.3 is 0 Å². The predicted molar refractivity (Wildman–Crippen MR) is 115 cm³/mol. The van der Waals surface area contributed by atoms with Crippen LogP contribution in [0.1, 0.15) is 34.5 Å². The first-order valence-corrected chi connectivity index (χ1v) is 10.8. The van der Waals surface area contributed by atoms with Gasteiger partial charge in [0.15, 0.2) is 0 Å². The lowest BCUT2D eigenvalue weighted by atomic mass is 9.73. The summed E-state index contributed by atoms with van der Waals surface area (Å²) in [6, 6.07) is 18.5. The van der Waals surface area contributed by atoms with Gasteiger partial charge in [-0.15, -0.1) is 10.2 Å².